The number of hydrogen-bond donors (Lipinski definition) is 1. The van der Waals surface area contributed by atoms with Crippen LogP contribution in [-0.2, 0) is 0 Å². The summed E-state index contributed by atoms with van der Waals surface area (Å²) in [6.45, 7) is 0. The second-order valence-corrected chi connectivity index (χ2v) is 6.15. The average Bonchev–Trinajstić information content (AvgIpc) is 2.68. The van der Waals surface area contributed by atoms with E-state index in [9.17, 15) is 0 Å². The Labute approximate surface area is 119 Å². The Kier molecular flexibility index (Phi) is 2.61. The lowest BCUT2D eigenvalue weighted by molar-refractivity contribution is 0.264. The predicted octanol–water partition coefficient (Wildman–Crippen LogP) is 3.67. The van der Waals surface area contributed by atoms with Crippen molar-refractivity contribution in [3.8, 4) is 0 Å². The fourth-order valence-corrected chi connectivity index (χ4v) is 3.82. The van der Waals surface area contributed by atoms with Crippen LogP contribution in [0.2, 0.25) is 0 Å². The number of likely N-dealkylation sites (N-methyl/N-ethyl adjacent to an activating group) is 1. The van der Waals surface area contributed by atoms with Crippen molar-refractivity contribution in [2.75, 3.05) is 12.8 Å². The number of fused-ring (bicyclic) bond motifs is 3. The molecule has 0 aliphatic carbocycles. The van der Waals surface area contributed by atoms with E-state index in [0.29, 0.717) is 6.04 Å². The van der Waals surface area contributed by atoms with E-state index in [1.54, 1.807) is 0 Å². The summed E-state index contributed by atoms with van der Waals surface area (Å²) in [6.07, 6.45) is 6.30. The first kappa shape index (κ1) is 12.0. The van der Waals surface area contributed by atoms with Gasteiger partial charge in [0.2, 0.25) is 0 Å². The highest BCUT2D eigenvalue weighted by molar-refractivity contribution is 5.95. The summed E-state index contributed by atoms with van der Waals surface area (Å²) in [7, 11) is 2.26. The lowest BCUT2D eigenvalue weighted by Gasteiger charge is -2.30. The van der Waals surface area contributed by atoms with E-state index in [-0.39, 0.29) is 0 Å². The van der Waals surface area contributed by atoms with E-state index in [2.05, 4.69) is 48.4 Å². The van der Waals surface area contributed by atoms with Gasteiger partial charge in [0.05, 0.1) is 0 Å². The normalized spacial score (nSPS) is 25.9. The number of nitrogens with two attached hydrogens (primary N) is 1. The van der Waals surface area contributed by atoms with Crippen LogP contribution in [0.1, 0.15) is 24.8 Å². The first-order valence-corrected chi connectivity index (χ1v) is 7.43. The zero-order valence-corrected chi connectivity index (χ0v) is 11.8. The summed E-state index contributed by atoms with van der Waals surface area (Å²) in [6, 6.07) is 14.2. The van der Waals surface area contributed by atoms with Crippen LogP contribution in [0, 0.1) is 0 Å². The van der Waals surface area contributed by atoms with Gasteiger partial charge in [-0.2, -0.15) is 0 Å². The summed E-state index contributed by atoms with van der Waals surface area (Å²) in [4.78, 5) is 2.53. The molecule has 4 rings (SSSR count). The molecule has 2 heteroatoms. The van der Waals surface area contributed by atoms with Crippen molar-refractivity contribution in [3.05, 3.63) is 48.0 Å². The largest absolute Gasteiger partial charge is 0.399 e. The van der Waals surface area contributed by atoms with E-state index in [4.69, 9.17) is 5.73 Å². The summed E-state index contributed by atoms with van der Waals surface area (Å²) in [5, 5.41) is 2.58. The van der Waals surface area contributed by atoms with Gasteiger partial charge in [-0.05, 0) is 60.4 Å². The molecule has 2 bridgehead atoms. The van der Waals surface area contributed by atoms with Crippen molar-refractivity contribution in [1.29, 1.82) is 0 Å². The molecule has 2 N–H and O–H groups in total. The highest BCUT2D eigenvalue weighted by Crippen LogP contribution is 2.39. The van der Waals surface area contributed by atoms with Gasteiger partial charge in [-0.3, -0.25) is 4.90 Å². The number of nitrogen functional groups attached to an aromatic ring is 1. The van der Waals surface area contributed by atoms with E-state index in [1.807, 2.05) is 6.07 Å². The minimum absolute atomic E-state index is 0.632. The molecule has 20 heavy (non-hydrogen) atoms. The molecule has 102 valence electrons. The molecule has 1 saturated heterocycles. The van der Waals surface area contributed by atoms with E-state index < -0.39 is 0 Å². The van der Waals surface area contributed by atoms with Gasteiger partial charge < -0.3 is 5.73 Å². The summed E-state index contributed by atoms with van der Waals surface area (Å²) >= 11 is 0. The van der Waals surface area contributed by atoms with E-state index in [0.717, 1.165) is 11.7 Å². The van der Waals surface area contributed by atoms with Gasteiger partial charge in [-0.15, -0.1) is 0 Å². The number of hydrogen-bond acceptors (Lipinski definition) is 2. The molecule has 2 heterocycles. The number of nitrogens with zero attached hydrogens (tertiary/aromatic N) is 1. The summed E-state index contributed by atoms with van der Waals surface area (Å²) in [5.74, 6) is 0. The Bertz CT molecular complexity index is 702. The predicted molar refractivity (Wildman–Crippen MR) is 85.5 cm³/mol. The van der Waals surface area contributed by atoms with Crippen LogP contribution < -0.4 is 5.73 Å². The van der Waals surface area contributed by atoms with Crippen molar-refractivity contribution < 1.29 is 0 Å². The molecule has 2 aromatic carbocycles. The van der Waals surface area contributed by atoms with Crippen molar-refractivity contribution in [2.24, 2.45) is 0 Å². The summed E-state index contributed by atoms with van der Waals surface area (Å²) in [5.41, 5.74) is 9.66. The fraction of sp³-hybridized carbons (Fsp3) is 0.333. The highest BCUT2D eigenvalue weighted by atomic mass is 15.2. The number of anilines is 1. The zero-order valence-electron chi connectivity index (χ0n) is 11.8. The van der Waals surface area contributed by atoms with Crippen LogP contribution in [-0.4, -0.2) is 24.0 Å². The fourth-order valence-electron chi connectivity index (χ4n) is 3.82. The van der Waals surface area contributed by atoms with Gasteiger partial charge in [0.1, 0.15) is 0 Å². The third-order valence-corrected chi connectivity index (χ3v) is 4.99. The van der Waals surface area contributed by atoms with Gasteiger partial charge in [0.25, 0.3) is 0 Å². The van der Waals surface area contributed by atoms with Crippen LogP contribution in [0.25, 0.3) is 16.3 Å². The molecule has 1 fully saturated rings. The van der Waals surface area contributed by atoms with E-state index in [1.165, 1.54) is 41.2 Å². The SMILES string of the molecule is CN1C2C=C(c3cccc4cc(N)ccc34)CC1CC2. The molecule has 2 atom stereocenters. The molecule has 0 amide bonds. The van der Waals surface area contributed by atoms with Crippen LogP contribution in [0.3, 0.4) is 0 Å². The maximum Gasteiger partial charge on any atom is 0.0320 e. The van der Waals surface area contributed by atoms with Gasteiger partial charge in [-0.25, -0.2) is 0 Å². The van der Waals surface area contributed by atoms with Crippen molar-refractivity contribution in [2.45, 2.75) is 31.3 Å². The smallest absolute Gasteiger partial charge is 0.0320 e. The number of benzene rings is 2. The summed E-state index contributed by atoms with van der Waals surface area (Å²) < 4.78 is 0. The molecule has 2 aliphatic heterocycles. The van der Waals surface area contributed by atoms with Gasteiger partial charge >= 0.3 is 0 Å². The molecular weight excluding hydrogens is 244 g/mol. The Morgan fingerprint density at radius 1 is 1.15 bits per heavy atom. The first-order chi connectivity index (χ1) is 9.72. The average molecular weight is 264 g/mol. The second kappa shape index (κ2) is 4.35. The minimum Gasteiger partial charge on any atom is -0.399 e. The van der Waals surface area contributed by atoms with Crippen LogP contribution in [0.5, 0.6) is 0 Å². The Hall–Kier alpha value is -1.80. The van der Waals surface area contributed by atoms with Crippen molar-refractivity contribution in [3.63, 3.8) is 0 Å². The molecular formula is C18H20N2. The van der Waals surface area contributed by atoms with E-state index >= 15 is 0 Å². The minimum atomic E-state index is 0.632. The molecule has 2 aromatic rings. The maximum absolute atomic E-state index is 5.90. The Morgan fingerprint density at radius 3 is 2.90 bits per heavy atom. The molecule has 2 nitrogen and oxygen atoms in total. The Balaban J connectivity index is 1.85. The van der Waals surface area contributed by atoms with Gasteiger partial charge in [-0.1, -0.05) is 30.3 Å². The van der Waals surface area contributed by atoms with Crippen LogP contribution in [0.4, 0.5) is 5.69 Å². The molecule has 0 spiro atoms. The first-order valence-electron chi connectivity index (χ1n) is 7.43. The molecule has 0 saturated carbocycles. The standard InChI is InChI=1S/C18H20N2/c1-20-15-6-7-16(20)11-13(10-15)17-4-2-3-12-9-14(19)5-8-18(12)17/h2-5,8-10,15-16H,6-7,11,19H2,1H3. The van der Waals surface area contributed by atoms with Crippen molar-refractivity contribution >= 4 is 22.0 Å². The van der Waals surface area contributed by atoms with Gasteiger partial charge in [0.15, 0.2) is 0 Å². The lowest BCUT2D eigenvalue weighted by atomic mass is 9.91. The topological polar surface area (TPSA) is 29.3 Å². The second-order valence-electron chi connectivity index (χ2n) is 6.15. The molecule has 0 radical (unpaired) electrons. The third kappa shape index (κ3) is 1.75. The van der Waals surface area contributed by atoms with Crippen LogP contribution in [0.15, 0.2) is 42.5 Å². The van der Waals surface area contributed by atoms with Crippen LogP contribution >= 0.6 is 0 Å². The Morgan fingerprint density at radius 2 is 2.05 bits per heavy atom. The quantitative estimate of drug-likeness (QED) is 0.796. The molecule has 0 aromatic heterocycles. The lowest BCUT2D eigenvalue weighted by Crippen LogP contribution is -2.34. The monoisotopic (exact) mass is 264 g/mol. The molecule has 2 aliphatic rings. The highest BCUT2D eigenvalue weighted by Gasteiger charge is 2.34. The third-order valence-electron chi connectivity index (χ3n) is 4.99. The van der Waals surface area contributed by atoms with Gasteiger partial charge in [0, 0.05) is 17.8 Å². The number of rotatable bonds is 1. The molecule has 2 unspecified atom stereocenters. The maximum atomic E-state index is 5.90. The van der Waals surface area contributed by atoms with Crippen molar-refractivity contribution in [1.82, 2.24) is 4.90 Å². The zero-order chi connectivity index (χ0) is 13.7.